The lowest BCUT2D eigenvalue weighted by Gasteiger charge is -2.16. The third kappa shape index (κ3) is 5.88. The predicted octanol–water partition coefficient (Wildman–Crippen LogP) is 2.40. The Morgan fingerprint density at radius 2 is 1.89 bits per heavy atom. The first-order valence-corrected chi connectivity index (χ1v) is 11.0. The van der Waals surface area contributed by atoms with Crippen LogP contribution in [-0.2, 0) is 10.0 Å². The number of para-hydroxylation sites is 1. The number of hydrogen-bond donors (Lipinski definition) is 2. The second kappa shape index (κ2) is 9.63. The molecule has 0 fully saturated rings. The van der Waals surface area contributed by atoms with Gasteiger partial charge in [-0.05, 0) is 36.9 Å². The molecule has 0 saturated heterocycles. The molecule has 27 heavy (non-hydrogen) atoms. The van der Waals surface area contributed by atoms with Crippen LogP contribution < -0.4 is 10.6 Å². The smallest absolute Gasteiger partial charge is 0.256 e. The van der Waals surface area contributed by atoms with Gasteiger partial charge in [0, 0.05) is 25.5 Å². The molecule has 0 unspecified atom stereocenters. The van der Waals surface area contributed by atoms with E-state index < -0.39 is 10.0 Å². The average Bonchev–Trinajstić information content (AvgIpc) is 3.20. The lowest BCUT2D eigenvalue weighted by molar-refractivity contribution is 0.0953. The van der Waals surface area contributed by atoms with Crippen molar-refractivity contribution < 1.29 is 18.0 Å². The summed E-state index contributed by atoms with van der Waals surface area (Å²) in [5.74, 6) is -0.548. The maximum Gasteiger partial charge on any atom is 0.256 e. The van der Waals surface area contributed by atoms with Gasteiger partial charge in [-0.3, -0.25) is 9.59 Å². The van der Waals surface area contributed by atoms with Crippen LogP contribution in [0, 0.1) is 0 Å². The normalized spacial score (nSPS) is 11.4. The van der Waals surface area contributed by atoms with Gasteiger partial charge in [0.15, 0.2) is 0 Å². The van der Waals surface area contributed by atoms with Crippen molar-refractivity contribution in [3.63, 3.8) is 0 Å². The van der Waals surface area contributed by atoms with Crippen molar-refractivity contribution in [3.8, 4) is 0 Å². The molecule has 146 valence electrons. The molecule has 1 heterocycles. The summed E-state index contributed by atoms with van der Waals surface area (Å²) in [5, 5.41) is 9.06. The summed E-state index contributed by atoms with van der Waals surface area (Å²) in [7, 11) is -1.70. The third-order valence-electron chi connectivity index (χ3n) is 3.98. The Hall–Kier alpha value is -2.23. The Morgan fingerprint density at radius 3 is 2.56 bits per heavy atom. The van der Waals surface area contributed by atoms with E-state index in [1.807, 2.05) is 5.38 Å². The van der Waals surface area contributed by atoms with E-state index in [4.69, 9.17) is 0 Å². The summed E-state index contributed by atoms with van der Waals surface area (Å²) < 4.78 is 24.7. The Bertz CT molecular complexity index is 880. The molecule has 2 N–H and O–H groups in total. The van der Waals surface area contributed by atoms with Crippen LogP contribution in [0.4, 0.5) is 5.69 Å². The first-order valence-electron chi connectivity index (χ1n) is 8.50. The molecule has 1 aromatic carbocycles. The van der Waals surface area contributed by atoms with E-state index >= 15 is 0 Å². The second-order valence-corrected chi connectivity index (χ2v) is 8.99. The molecular weight excluding hydrogens is 386 g/mol. The number of nitrogens with one attached hydrogen (secondary N) is 2. The highest BCUT2D eigenvalue weighted by Crippen LogP contribution is 2.17. The molecule has 1 aromatic heterocycles. The maximum absolute atomic E-state index is 12.4. The summed E-state index contributed by atoms with van der Waals surface area (Å²) >= 11 is 1.42. The standard InChI is InChI=1S/C18H23N3O4S2/c1-3-27(24,25)21(2)11-6-10-19-18(23)15-7-4-5-8-16(15)20-17(22)14-9-12-26-13-14/h4-5,7-9,12-13H,3,6,10-11H2,1-2H3,(H,19,23)(H,20,22). The van der Waals surface area contributed by atoms with Crippen molar-refractivity contribution in [3.05, 3.63) is 52.2 Å². The summed E-state index contributed by atoms with van der Waals surface area (Å²) in [5.41, 5.74) is 1.32. The zero-order chi connectivity index (χ0) is 19.9. The zero-order valence-corrected chi connectivity index (χ0v) is 16.9. The molecule has 0 saturated carbocycles. The molecule has 0 bridgehead atoms. The highest BCUT2D eigenvalue weighted by molar-refractivity contribution is 7.89. The van der Waals surface area contributed by atoms with Gasteiger partial charge in [0.05, 0.1) is 22.6 Å². The predicted molar refractivity (Wildman–Crippen MR) is 108 cm³/mol. The van der Waals surface area contributed by atoms with Gasteiger partial charge in [0.25, 0.3) is 11.8 Å². The number of hydrogen-bond acceptors (Lipinski definition) is 5. The molecule has 0 spiro atoms. The van der Waals surface area contributed by atoms with Gasteiger partial charge in [-0.25, -0.2) is 12.7 Å². The van der Waals surface area contributed by atoms with Crippen LogP contribution in [0.15, 0.2) is 41.1 Å². The van der Waals surface area contributed by atoms with Crippen molar-refractivity contribution in [1.29, 1.82) is 0 Å². The van der Waals surface area contributed by atoms with Crippen LogP contribution in [0.25, 0.3) is 0 Å². The number of thiophene rings is 1. The molecule has 0 atom stereocenters. The number of rotatable bonds is 9. The molecule has 7 nitrogen and oxygen atoms in total. The van der Waals surface area contributed by atoms with E-state index in [0.29, 0.717) is 36.3 Å². The van der Waals surface area contributed by atoms with Crippen molar-refractivity contribution in [1.82, 2.24) is 9.62 Å². The van der Waals surface area contributed by atoms with Crippen LogP contribution in [0.3, 0.4) is 0 Å². The van der Waals surface area contributed by atoms with Gasteiger partial charge in [0.1, 0.15) is 0 Å². The molecule has 2 amide bonds. The summed E-state index contributed by atoms with van der Waals surface area (Å²) in [6.07, 6.45) is 0.491. The van der Waals surface area contributed by atoms with Crippen LogP contribution in [-0.4, -0.2) is 50.4 Å². The second-order valence-electron chi connectivity index (χ2n) is 5.84. The fourth-order valence-electron chi connectivity index (χ4n) is 2.34. The van der Waals surface area contributed by atoms with Crippen LogP contribution >= 0.6 is 11.3 Å². The first kappa shape index (κ1) is 21.1. The fraction of sp³-hybridized carbons (Fsp3) is 0.333. The van der Waals surface area contributed by atoms with Gasteiger partial charge in [-0.1, -0.05) is 12.1 Å². The molecule has 0 aliphatic carbocycles. The molecule has 0 radical (unpaired) electrons. The number of amides is 2. The van der Waals surface area contributed by atoms with Gasteiger partial charge in [-0.2, -0.15) is 11.3 Å². The topological polar surface area (TPSA) is 95.6 Å². The van der Waals surface area contributed by atoms with Crippen LogP contribution in [0.1, 0.15) is 34.1 Å². The van der Waals surface area contributed by atoms with Crippen molar-refractivity contribution in [2.75, 3.05) is 31.2 Å². The SMILES string of the molecule is CCS(=O)(=O)N(C)CCCNC(=O)c1ccccc1NC(=O)c1ccsc1. The van der Waals surface area contributed by atoms with E-state index in [1.54, 1.807) is 42.6 Å². The van der Waals surface area contributed by atoms with Crippen LogP contribution in [0.2, 0.25) is 0 Å². The highest BCUT2D eigenvalue weighted by Gasteiger charge is 2.16. The molecule has 0 aliphatic heterocycles. The Kier molecular flexibility index (Phi) is 7.52. The maximum atomic E-state index is 12.4. The Balaban J connectivity index is 1.92. The number of nitrogens with zero attached hydrogens (tertiary/aromatic N) is 1. The van der Waals surface area contributed by atoms with E-state index in [2.05, 4.69) is 10.6 Å². The Labute approximate surface area is 163 Å². The lowest BCUT2D eigenvalue weighted by Crippen LogP contribution is -2.32. The van der Waals surface area contributed by atoms with Gasteiger partial charge >= 0.3 is 0 Å². The number of anilines is 1. The number of sulfonamides is 1. The van der Waals surface area contributed by atoms with E-state index in [0.717, 1.165) is 0 Å². The summed E-state index contributed by atoms with van der Waals surface area (Å²) in [4.78, 5) is 24.6. The largest absolute Gasteiger partial charge is 0.352 e. The number of carbonyl (C=O) groups is 2. The van der Waals surface area contributed by atoms with Crippen molar-refractivity contribution in [2.24, 2.45) is 0 Å². The van der Waals surface area contributed by atoms with Crippen molar-refractivity contribution in [2.45, 2.75) is 13.3 Å². The van der Waals surface area contributed by atoms with Crippen LogP contribution in [0.5, 0.6) is 0 Å². The molecular formula is C18H23N3O4S2. The van der Waals surface area contributed by atoms with E-state index in [-0.39, 0.29) is 17.6 Å². The molecule has 2 rings (SSSR count). The minimum atomic E-state index is -3.22. The fourth-order valence-corrected chi connectivity index (χ4v) is 3.82. The van der Waals surface area contributed by atoms with Crippen molar-refractivity contribution >= 4 is 38.9 Å². The summed E-state index contributed by atoms with van der Waals surface area (Å²) in [6.45, 7) is 2.25. The third-order valence-corrected chi connectivity index (χ3v) is 6.52. The van der Waals surface area contributed by atoms with E-state index in [1.165, 1.54) is 22.7 Å². The zero-order valence-electron chi connectivity index (χ0n) is 15.3. The minimum Gasteiger partial charge on any atom is -0.352 e. The molecule has 0 aliphatic rings. The van der Waals surface area contributed by atoms with E-state index in [9.17, 15) is 18.0 Å². The van der Waals surface area contributed by atoms with Gasteiger partial charge in [-0.15, -0.1) is 0 Å². The van der Waals surface area contributed by atoms with Gasteiger partial charge in [0.2, 0.25) is 10.0 Å². The lowest BCUT2D eigenvalue weighted by atomic mass is 10.1. The highest BCUT2D eigenvalue weighted by atomic mass is 32.2. The first-order chi connectivity index (χ1) is 12.8. The quantitative estimate of drug-likeness (QED) is 0.622. The van der Waals surface area contributed by atoms with Gasteiger partial charge < -0.3 is 10.6 Å². The number of carbonyl (C=O) groups excluding carboxylic acids is 2. The summed E-state index contributed by atoms with van der Waals surface area (Å²) in [6, 6.07) is 8.47. The minimum absolute atomic E-state index is 0.0487. The Morgan fingerprint density at radius 1 is 1.15 bits per heavy atom. The molecule has 9 heteroatoms. The average molecular weight is 410 g/mol. The number of benzene rings is 1. The molecule has 2 aromatic rings. The monoisotopic (exact) mass is 409 g/mol.